The summed E-state index contributed by atoms with van der Waals surface area (Å²) in [6, 6.07) is 4.99. The van der Waals surface area contributed by atoms with Crippen molar-refractivity contribution in [1.82, 2.24) is 9.88 Å². The van der Waals surface area contributed by atoms with Gasteiger partial charge in [0.05, 0.1) is 0 Å². The monoisotopic (exact) mass is 311 g/mol. The molecule has 0 amide bonds. The molecule has 1 aromatic heterocycles. The molecule has 1 atom stereocenters. The standard InChI is InChI=1S/C14H22BrN3/c1-3-12(2)17-6-8-18(9-7-17)14-5-4-13(10-15)11-16-14/h4-5,11-12H,3,6-10H2,1-2H3. The van der Waals surface area contributed by atoms with E-state index >= 15 is 0 Å². The summed E-state index contributed by atoms with van der Waals surface area (Å²) in [5.74, 6) is 1.11. The number of hydrogen-bond acceptors (Lipinski definition) is 3. The molecule has 1 fully saturated rings. The van der Waals surface area contributed by atoms with Gasteiger partial charge < -0.3 is 4.90 Å². The molecule has 1 unspecified atom stereocenters. The van der Waals surface area contributed by atoms with Crippen molar-refractivity contribution in [3.8, 4) is 0 Å². The molecule has 1 aromatic rings. The number of anilines is 1. The molecule has 0 aliphatic carbocycles. The molecular formula is C14H22BrN3. The van der Waals surface area contributed by atoms with Gasteiger partial charge >= 0.3 is 0 Å². The van der Waals surface area contributed by atoms with Crippen molar-refractivity contribution < 1.29 is 0 Å². The third-order valence-corrected chi connectivity index (χ3v) is 4.46. The molecule has 1 aliphatic heterocycles. The van der Waals surface area contributed by atoms with Crippen LogP contribution in [0.1, 0.15) is 25.8 Å². The predicted molar refractivity (Wildman–Crippen MR) is 80.4 cm³/mol. The minimum absolute atomic E-state index is 0.705. The van der Waals surface area contributed by atoms with Crippen LogP contribution in [0.25, 0.3) is 0 Å². The SMILES string of the molecule is CCC(C)N1CCN(c2ccc(CBr)cn2)CC1. The topological polar surface area (TPSA) is 19.4 Å². The Morgan fingerprint density at radius 3 is 2.50 bits per heavy atom. The lowest BCUT2D eigenvalue weighted by Crippen LogP contribution is -2.49. The fourth-order valence-electron chi connectivity index (χ4n) is 2.33. The Hall–Kier alpha value is -0.610. The van der Waals surface area contributed by atoms with Crippen LogP contribution in [0.5, 0.6) is 0 Å². The summed E-state index contributed by atoms with van der Waals surface area (Å²) in [4.78, 5) is 9.50. The van der Waals surface area contributed by atoms with E-state index in [4.69, 9.17) is 0 Å². The van der Waals surface area contributed by atoms with E-state index in [-0.39, 0.29) is 0 Å². The van der Waals surface area contributed by atoms with Crippen LogP contribution in [0.15, 0.2) is 18.3 Å². The lowest BCUT2D eigenvalue weighted by atomic mass is 10.2. The van der Waals surface area contributed by atoms with Crippen molar-refractivity contribution in [3.63, 3.8) is 0 Å². The second kappa shape index (κ2) is 6.53. The van der Waals surface area contributed by atoms with E-state index in [1.165, 1.54) is 12.0 Å². The minimum atomic E-state index is 0.705. The van der Waals surface area contributed by atoms with Gasteiger partial charge in [-0.3, -0.25) is 4.90 Å². The van der Waals surface area contributed by atoms with Gasteiger partial charge in [-0.25, -0.2) is 4.98 Å². The molecule has 0 N–H and O–H groups in total. The molecule has 1 saturated heterocycles. The van der Waals surface area contributed by atoms with Crippen LogP contribution in [0.3, 0.4) is 0 Å². The molecular weight excluding hydrogens is 290 g/mol. The van der Waals surface area contributed by atoms with Crippen LogP contribution in [0.4, 0.5) is 5.82 Å². The first-order valence-electron chi connectivity index (χ1n) is 6.74. The molecule has 1 aliphatic rings. The lowest BCUT2D eigenvalue weighted by Gasteiger charge is -2.38. The number of pyridine rings is 1. The smallest absolute Gasteiger partial charge is 0.128 e. The van der Waals surface area contributed by atoms with Gasteiger partial charge in [0.2, 0.25) is 0 Å². The maximum absolute atomic E-state index is 4.54. The zero-order chi connectivity index (χ0) is 13.0. The number of hydrogen-bond donors (Lipinski definition) is 0. The summed E-state index contributed by atoms with van der Waals surface area (Å²) in [6.45, 7) is 9.06. The van der Waals surface area contributed by atoms with Crippen molar-refractivity contribution in [1.29, 1.82) is 0 Å². The summed E-state index contributed by atoms with van der Waals surface area (Å²) in [6.07, 6.45) is 3.20. The summed E-state index contributed by atoms with van der Waals surface area (Å²) >= 11 is 3.45. The molecule has 18 heavy (non-hydrogen) atoms. The zero-order valence-corrected chi connectivity index (χ0v) is 12.9. The largest absolute Gasteiger partial charge is 0.354 e. The molecule has 0 saturated carbocycles. The first-order valence-corrected chi connectivity index (χ1v) is 7.86. The van der Waals surface area contributed by atoms with E-state index in [0.717, 1.165) is 37.3 Å². The van der Waals surface area contributed by atoms with Crippen molar-refractivity contribution >= 4 is 21.7 Å². The predicted octanol–water partition coefficient (Wildman–Crippen LogP) is 2.90. The van der Waals surface area contributed by atoms with Gasteiger partial charge in [0.15, 0.2) is 0 Å². The summed E-state index contributed by atoms with van der Waals surface area (Å²) in [5.41, 5.74) is 1.23. The van der Waals surface area contributed by atoms with Crippen molar-refractivity contribution in [2.24, 2.45) is 0 Å². The maximum Gasteiger partial charge on any atom is 0.128 e. The summed E-state index contributed by atoms with van der Waals surface area (Å²) < 4.78 is 0. The Morgan fingerprint density at radius 2 is 2.00 bits per heavy atom. The first kappa shape index (κ1) is 13.8. The molecule has 2 rings (SSSR count). The molecule has 2 heterocycles. The zero-order valence-electron chi connectivity index (χ0n) is 11.3. The third-order valence-electron chi connectivity index (χ3n) is 3.82. The van der Waals surface area contributed by atoms with Crippen LogP contribution in [-0.2, 0) is 5.33 Å². The molecule has 0 bridgehead atoms. The minimum Gasteiger partial charge on any atom is -0.354 e. The van der Waals surface area contributed by atoms with Gasteiger partial charge in [-0.1, -0.05) is 28.9 Å². The highest BCUT2D eigenvalue weighted by molar-refractivity contribution is 9.08. The average molecular weight is 312 g/mol. The van der Waals surface area contributed by atoms with E-state index < -0.39 is 0 Å². The molecule has 100 valence electrons. The second-order valence-corrected chi connectivity index (χ2v) is 5.50. The van der Waals surface area contributed by atoms with Gasteiger partial charge in [0.1, 0.15) is 5.82 Å². The van der Waals surface area contributed by atoms with E-state index in [1.54, 1.807) is 0 Å². The fourth-order valence-corrected chi connectivity index (χ4v) is 2.66. The highest BCUT2D eigenvalue weighted by atomic mass is 79.9. The number of aromatic nitrogens is 1. The molecule has 3 nitrogen and oxygen atoms in total. The molecule has 0 radical (unpaired) electrons. The van der Waals surface area contributed by atoms with Gasteiger partial charge in [0.25, 0.3) is 0 Å². The number of piperazine rings is 1. The highest BCUT2D eigenvalue weighted by Crippen LogP contribution is 2.16. The fraction of sp³-hybridized carbons (Fsp3) is 0.643. The Morgan fingerprint density at radius 1 is 1.28 bits per heavy atom. The number of rotatable bonds is 4. The lowest BCUT2D eigenvalue weighted by molar-refractivity contribution is 0.192. The molecule has 0 aromatic carbocycles. The highest BCUT2D eigenvalue weighted by Gasteiger charge is 2.20. The first-order chi connectivity index (χ1) is 8.74. The van der Waals surface area contributed by atoms with E-state index in [2.05, 4.69) is 56.7 Å². The quantitative estimate of drug-likeness (QED) is 0.797. The van der Waals surface area contributed by atoms with Gasteiger partial charge in [-0.15, -0.1) is 0 Å². The van der Waals surface area contributed by atoms with Gasteiger partial charge in [-0.2, -0.15) is 0 Å². The van der Waals surface area contributed by atoms with E-state index in [1.807, 2.05) is 6.20 Å². The number of nitrogens with zero attached hydrogens (tertiary/aromatic N) is 3. The molecule has 4 heteroatoms. The van der Waals surface area contributed by atoms with Gasteiger partial charge in [0, 0.05) is 43.7 Å². The summed E-state index contributed by atoms with van der Waals surface area (Å²) in [5, 5.41) is 0.877. The number of alkyl halides is 1. The van der Waals surface area contributed by atoms with Crippen LogP contribution >= 0.6 is 15.9 Å². The van der Waals surface area contributed by atoms with Crippen LogP contribution in [-0.4, -0.2) is 42.1 Å². The second-order valence-electron chi connectivity index (χ2n) is 4.94. The van der Waals surface area contributed by atoms with Crippen LogP contribution in [0.2, 0.25) is 0 Å². The Balaban J connectivity index is 1.92. The van der Waals surface area contributed by atoms with Crippen molar-refractivity contribution in [2.45, 2.75) is 31.6 Å². The van der Waals surface area contributed by atoms with E-state index in [0.29, 0.717) is 6.04 Å². The average Bonchev–Trinajstić information content (AvgIpc) is 2.47. The Bertz CT molecular complexity index is 358. The van der Waals surface area contributed by atoms with E-state index in [9.17, 15) is 0 Å². The van der Waals surface area contributed by atoms with Crippen molar-refractivity contribution in [2.75, 3.05) is 31.1 Å². The van der Waals surface area contributed by atoms with Crippen LogP contribution < -0.4 is 4.90 Å². The number of halogens is 1. The van der Waals surface area contributed by atoms with Gasteiger partial charge in [-0.05, 0) is 25.0 Å². The maximum atomic E-state index is 4.54. The molecule has 0 spiro atoms. The summed E-state index contributed by atoms with van der Waals surface area (Å²) in [7, 11) is 0. The van der Waals surface area contributed by atoms with Crippen molar-refractivity contribution in [3.05, 3.63) is 23.9 Å². The van der Waals surface area contributed by atoms with Crippen LogP contribution in [0, 0.1) is 0 Å². The normalized spacial score (nSPS) is 18.9. The Labute approximate surface area is 118 Å². The third kappa shape index (κ3) is 3.23. The Kier molecular flexibility index (Phi) is 5.01.